The SMILES string of the molecule is C[C@@H](CCc1ccccc1)NC(=O)CC1(CC2=NS(=O)(=O)c3ccccc3N2)CCCC1. The predicted octanol–water partition coefficient (Wildman–Crippen LogP) is 4.68. The summed E-state index contributed by atoms with van der Waals surface area (Å²) in [4.78, 5) is 13.1. The van der Waals surface area contributed by atoms with Gasteiger partial charge in [0.2, 0.25) is 5.91 Å². The lowest BCUT2D eigenvalue weighted by Gasteiger charge is -2.31. The largest absolute Gasteiger partial charge is 0.354 e. The Bertz CT molecular complexity index is 1090. The zero-order valence-corrected chi connectivity index (χ0v) is 19.3. The van der Waals surface area contributed by atoms with E-state index in [0.29, 0.717) is 24.4 Å². The summed E-state index contributed by atoms with van der Waals surface area (Å²) < 4.78 is 29.3. The first-order chi connectivity index (χ1) is 15.4. The van der Waals surface area contributed by atoms with Gasteiger partial charge >= 0.3 is 0 Å². The van der Waals surface area contributed by atoms with E-state index in [2.05, 4.69) is 27.2 Å². The number of sulfonamides is 1. The van der Waals surface area contributed by atoms with Crippen molar-refractivity contribution in [3.05, 3.63) is 60.2 Å². The van der Waals surface area contributed by atoms with Gasteiger partial charge in [-0.3, -0.25) is 4.79 Å². The Morgan fingerprint density at radius 3 is 2.53 bits per heavy atom. The Labute approximate surface area is 190 Å². The van der Waals surface area contributed by atoms with Crippen molar-refractivity contribution in [2.75, 3.05) is 5.32 Å². The molecule has 1 aliphatic carbocycles. The number of hydrogen-bond acceptors (Lipinski definition) is 4. The third-order valence-corrected chi connectivity index (χ3v) is 7.91. The van der Waals surface area contributed by atoms with Crippen LogP contribution < -0.4 is 10.6 Å². The van der Waals surface area contributed by atoms with Crippen LogP contribution in [-0.4, -0.2) is 26.2 Å². The minimum atomic E-state index is -3.72. The molecule has 0 spiro atoms. The van der Waals surface area contributed by atoms with Crippen molar-refractivity contribution < 1.29 is 13.2 Å². The van der Waals surface area contributed by atoms with E-state index >= 15 is 0 Å². The second kappa shape index (κ2) is 9.45. The highest BCUT2D eigenvalue weighted by molar-refractivity contribution is 7.90. The van der Waals surface area contributed by atoms with E-state index in [-0.39, 0.29) is 22.3 Å². The molecule has 0 radical (unpaired) electrons. The fraction of sp³-hybridized carbons (Fsp3) is 0.440. The Hall–Kier alpha value is -2.67. The van der Waals surface area contributed by atoms with E-state index in [9.17, 15) is 13.2 Å². The first kappa shape index (κ1) is 22.5. The number of hydrogen-bond donors (Lipinski definition) is 2. The van der Waals surface area contributed by atoms with Gasteiger partial charge in [0.05, 0.1) is 5.69 Å². The molecule has 170 valence electrons. The van der Waals surface area contributed by atoms with Gasteiger partial charge in [0.25, 0.3) is 10.0 Å². The Morgan fingerprint density at radius 1 is 1.09 bits per heavy atom. The van der Waals surface area contributed by atoms with Crippen LogP contribution in [-0.2, 0) is 21.2 Å². The molecule has 0 aromatic heterocycles. The van der Waals surface area contributed by atoms with Gasteiger partial charge in [-0.1, -0.05) is 55.3 Å². The zero-order chi connectivity index (χ0) is 22.6. The summed E-state index contributed by atoms with van der Waals surface area (Å²) in [5, 5.41) is 6.35. The predicted molar refractivity (Wildman–Crippen MR) is 127 cm³/mol. The molecule has 1 amide bonds. The second-order valence-corrected chi connectivity index (χ2v) is 10.8. The summed E-state index contributed by atoms with van der Waals surface area (Å²) in [7, 11) is -3.72. The van der Waals surface area contributed by atoms with E-state index in [1.165, 1.54) is 5.56 Å². The van der Waals surface area contributed by atoms with E-state index < -0.39 is 10.0 Å². The van der Waals surface area contributed by atoms with Gasteiger partial charge < -0.3 is 10.6 Å². The molecule has 7 heteroatoms. The summed E-state index contributed by atoms with van der Waals surface area (Å²) in [6, 6.07) is 17.2. The molecule has 2 N–H and O–H groups in total. The van der Waals surface area contributed by atoms with Gasteiger partial charge in [0, 0.05) is 18.9 Å². The van der Waals surface area contributed by atoms with Crippen LogP contribution in [0.2, 0.25) is 0 Å². The van der Waals surface area contributed by atoms with E-state index in [4.69, 9.17) is 0 Å². The normalized spacial score (nSPS) is 19.3. The fourth-order valence-electron chi connectivity index (χ4n) is 4.91. The first-order valence-electron chi connectivity index (χ1n) is 11.4. The molecule has 4 rings (SSSR count). The molecule has 0 unspecified atom stereocenters. The van der Waals surface area contributed by atoms with Crippen LogP contribution in [0.25, 0.3) is 0 Å². The van der Waals surface area contributed by atoms with Gasteiger partial charge in [-0.05, 0) is 55.7 Å². The van der Waals surface area contributed by atoms with Crippen LogP contribution in [0.15, 0.2) is 63.9 Å². The number of fused-ring (bicyclic) bond motifs is 1. The number of carbonyl (C=O) groups is 1. The lowest BCUT2D eigenvalue weighted by Crippen LogP contribution is -2.38. The number of amides is 1. The number of nitrogens with one attached hydrogen (secondary N) is 2. The lowest BCUT2D eigenvalue weighted by molar-refractivity contribution is -0.124. The summed E-state index contributed by atoms with van der Waals surface area (Å²) in [5.41, 5.74) is 1.57. The van der Waals surface area contributed by atoms with E-state index in [1.807, 2.05) is 25.1 Å². The van der Waals surface area contributed by atoms with Crippen LogP contribution >= 0.6 is 0 Å². The highest BCUT2D eigenvalue weighted by Crippen LogP contribution is 2.45. The number of amidine groups is 1. The molecule has 1 heterocycles. The van der Waals surface area contributed by atoms with Crippen molar-refractivity contribution >= 4 is 27.5 Å². The Kier molecular flexibility index (Phi) is 6.65. The monoisotopic (exact) mass is 453 g/mol. The molecule has 1 saturated carbocycles. The first-order valence-corrected chi connectivity index (χ1v) is 12.8. The van der Waals surface area contributed by atoms with E-state index in [1.54, 1.807) is 24.3 Å². The van der Waals surface area contributed by atoms with Crippen LogP contribution in [0.5, 0.6) is 0 Å². The molecule has 2 aliphatic rings. The van der Waals surface area contributed by atoms with Gasteiger partial charge in [-0.25, -0.2) is 0 Å². The zero-order valence-electron chi connectivity index (χ0n) is 18.5. The minimum absolute atomic E-state index is 0.0344. The Morgan fingerprint density at radius 2 is 1.78 bits per heavy atom. The molecule has 2 aromatic carbocycles. The smallest absolute Gasteiger partial charge is 0.286 e. The third-order valence-electron chi connectivity index (χ3n) is 6.53. The molecule has 1 atom stereocenters. The van der Waals surface area contributed by atoms with Crippen molar-refractivity contribution in [1.82, 2.24) is 5.32 Å². The molecular formula is C25H31N3O3S. The van der Waals surface area contributed by atoms with E-state index in [0.717, 1.165) is 38.5 Å². The maximum atomic E-state index is 12.9. The molecule has 1 aliphatic heterocycles. The number of anilines is 1. The minimum Gasteiger partial charge on any atom is -0.354 e. The number of rotatable bonds is 8. The third kappa shape index (κ3) is 5.38. The van der Waals surface area contributed by atoms with Crippen LogP contribution in [0, 0.1) is 5.41 Å². The van der Waals surface area contributed by atoms with Gasteiger partial charge in [-0.2, -0.15) is 8.42 Å². The highest BCUT2D eigenvalue weighted by Gasteiger charge is 2.39. The molecule has 6 nitrogen and oxygen atoms in total. The fourth-order valence-corrected chi connectivity index (χ4v) is 6.05. The van der Waals surface area contributed by atoms with Crippen LogP contribution in [0.1, 0.15) is 57.4 Å². The molecular weight excluding hydrogens is 422 g/mol. The van der Waals surface area contributed by atoms with Crippen molar-refractivity contribution in [1.29, 1.82) is 0 Å². The van der Waals surface area contributed by atoms with Gasteiger partial charge in [-0.15, -0.1) is 4.40 Å². The summed E-state index contributed by atoms with van der Waals surface area (Å²) in [6.45, 7) is 2.04. The van der Waals surface area contributed by atoms with Crippen molar-refractivity contribution in [3.63, 3.8) is 0 Å². The maximum absolute atomic E-state index is 12.9. The molecule has 1 fully saturated rings. The average Bonchev–Trinajstić information content (AvgIpc) is 3.20. The van der Waals surface area contributed by atoms with Crippen LogP contribution in [0.4, 0.5) is 5.69 Å². The lowest BCUT2D eigenvalue weighted by atomic mass is 9.78. The molecule has 2 aromatic rings. The summed E-state index contributed by atoms with van der Waals surface area (Å²) >= 11 is 0. The number of aryl methyl sites for hydroxylation is 1. The highest BCUT2D eigenvalue weighted by atomic mass is 32.2. The summed E-state index contributed by atoms with van der Waals surface area (Å²) in [5.74, 6) is 0.475. The average molecular weight is 454 g/mol. The number of benzene rings is 2. The Balaban J connectivity index is 1.39. The second-order valence-electron chi connectivity index (χ2n) is 9.19. The molecule has 0 bridgehead atoms. The standard InChI is InChI=1S/C25H31N3O3S/c1-19(13-14-20-9-3-2-4-10-20)26-24(29)18-25(15-7-8-16-25)17-23-27-21-11-5-6-12-22(21)32(30,31)28-23/h2-6,9-12,19H,7-8,13-18H2,1H3,(H,26,29)(H,27,28)/t19-/m0/s1. The number of para-hydroxylation sites is 1. The van der Waals surface area contributed by atoms with Crippen molar-refractivity contribution in [2.24, 2.45) is 9.81 Å². The maximum Gasteiger partial charge on any atom is 0.286 e. The van der Waals surface area contributed by atoms with Crippen molar-refractivity contribution in [3.8, 4) is 0 Å². The molecule has 0 saturated heterocycles. The van der Waals surface area contributed by atoms with Gasteiger partial charge in [0.1, 0.15) is 10.7 Å². The topological polar surface area (TPSA) is 87.6 Å². The van der Waals surface area contributed by atoms with Gasteiger partial charge in [0.15, 0.2) is 0 Å². The summed E-state index contributed by atoms with van der Waals surface area (Å²) in [6.07, 6.45) is 6.57. The van der Waals surface area contributed by atoms with Crippen molar-refractivity contribution in [2.45, 2.75) is 69.2 Å². The molecule has 32 heavy (non-hydrogen) atoms. The quantitative estimate of drug-likeness (QED) is 0.608. The van der Waals surface area contributed by atoms with Crippen LogP contribution in [0.3, 0.4) is 0 Å². The number of nitrogens with zero attached hydrogens (tertiary/aromatic N) is 1. The number of carbonyl (C=O) groups excluding carboxylic acids is 1.